The minimum Gasteiger partial charge on any atom is -0.376 e. The van der Waals surface area contributed by atoms with Crippen LogP contribution in [0.5, 0.6) is 0 Å². The Kier molecular flexibility index (Phi) is 3.40. The lowest BCUT2D eigenvalue weighted by molar-refractivity contribution is 0.0808. The van der Waals surface area contributed by atoms with Gasteiger partial charge in [0.25, 0.3) is 0 Å². The summed E-state index contributed by atoms with van der Waals surface area (Å²) in [6.45, 7) is 6.32. The van der Waals surface area contributed by atoms with Crippen molar-refractivity contribution in [2.24, 2.45) is 5.92 Å². The lowest BCUT2D eigenvalue weighted by Crippen LogP contribution is -2.37. The number of hydrogen-bond acceptors (Lipinski definition) is 2. The number of rotatable bonds is 4. The smallest absolute Gasteiger partial charge is 0.0757 e. The molecule has 1 saturated carbocycles. The number of benzene rings is 1. The molecule has 1 N–H and O–H groups in total. The van der Waals surface area contributed by atoms with E-state index in [1.165, 1.54) is 36.0 Å². The van der Waals surface area contributed by atoms with E-state index in [9.17, 15) is 0 Å². The van der Waals surface area contributed by atoms with Gasteiger partial charge < -0.3 is 10.1 Å². The Labute approximate surface area is 110 Å². The molecule has 1 aromatic carbocycles. The second-order valence-corrected chi connectivity index (χ2v) is 5.82. The normalized spacial score (nSPS) is 27.7. The molecular weight excluding hydrogens is 222 g/mol. The Morgan fingerprint density at radius 2 is 1.89 bits per heavy atom. The zero-order valence-electron chi connectivity index (χ0n) is 11.4. The van der Waals surface area contributed by atoms with Crippen molar-refractivity contribution < 1.29 is 4.74 Å². The van der Waals surface area contributed by atoms with Crippen LogP contribution in [-0.2, 0) is 11.3 Å². The molecule has 1 saturated heterocycles. The fourth-order valence-electron chi connectivity index (χ4n) is 3.08. The zero-order chi connectivity index (χ0) is 12.5. The van der Waals surface area contributed by atoms with Gasteiger partial charge in [-0.1, -0.05) is 18.2 Å². The molecule has 2 fully saturated rings. The standard InChI is InChI=1S/C16H23NO/c1-11-4-3-5-12(2)14(11)10-17-15-8-9-18-16(15)13-6-7-13/h3-5,13,15-17H,6-10H2,1-2H3. The van der Waals surface area contributed by atoms with Crippen LogP contribution in [-0.4, -0.2) is 18.8 Å². The van der Waals surface area contributed by atoms with Crippen molar-refractivity contribution in [3.8, 4) is 0 Å². The Bertz CT molecular complexity index is 405. The first-order valence-corrected chi connectivity index (χ1v) is 7.16. The first-order valence-electron chi connectivity index (χ1n) is 7.16. The maximum atomic E-state index is 5.88. The molecule has 0 radical (unpaired) electrons. The minimum absolute atomic E-state index is 0.481. The van der Waals surface area contributed by atoms with Gasteiger partial charge in [-0.3, -0.25) is 0 Å². The summed E-state index contributed by atoms with van der Waals surface area (Å²) in [7, 11) is 0. The summed E-state index contributed by atoms with van der Waals surface area (Å²) in [5.74, 6) is 0.836. The fourth-order valence-corrected chi connectivity index (χ4v) is 3.08. The number of aryl methyl sites for hydroxylation is 2. The molecule has 1 aliphatic carbocycles. The minimum atomic E-state index is 0.481. The van der Waals surface area contributed by atoms with E-state index in [-0.39, 0.29) is 0 Å². The Hall–Kier alpha value is -0.860. The highest BCUT2D eigenvalue weighted by Crippen LogP contribution is 2.38. The van der Waals surface area contributed by atoms with Crippen molar-refractivity contribution in [1.29, 1.82) is 0 Å². The lowest BCUT2D eigenvalue weighted by Gasteiger charge is -2.20. The molecule has 3 rings (SSSR count). The van der Waals surface area contributed by atoms with E-state index in [1.54, 1.807) is 0 Å². The molecule has 0 spiro atoms. The van der Waals surface area contributed by atoms with Crippen molar-refractivity contribution in [2.45, 2.75) is 51.8 Å². The Morgan fingerprint density at radius 1 is 1.17 bits per heavy atom. The lowest BCUT2D eigenvalue weighted by atomic mass is 10.0. The number of nitrogens with one attached hydrogen (secondary N) is 1. The third-order valence-electron chi connectivity index (χ3n) is 4.41. The van der Waals surface area contributed by atoms with Crippen LogP contribution < -0.4 is 5.32 Å². The van der Waals surface area contributed by atoms with Crippen LogP contribution in [0.4, 0.5) is 0 Å². The van der Waals surface area contributed by atoms with Gasteiger partial charge in [0.15, 0.2) is 0 Å². The van der Waals surface area contributed by atoms with Crippen LogP contribution in [0.1, 0.15) is 36.0 Å². The highest BCUT2D eigenvalue weighted by molar-refractivity contribution is 5.33. The van der Waals surface area contributed by atoms with Crippen LogP contribution in [0.15, 0.2) is 18.2 Å². The van der Waals surface area contributed by atoms with Crippen molar-refractivity contribution >= 4 is 0 Å². The summed E-state index contributed by atoms with van der Waals surface area (Å²) in [5.41, 5.74) is 4.24. The summed E-state index contributed by atoms with van der Waals surface area (Å²) in [5, 5.41) is 3.73. The van der Waals surface area contributed by atoms with Gasteiger partial charge in [-0.05, 0) is 55.7 Å². The van der Waals surface area contributed by atoms with Crippen LogP contribution in [0.3, 0.4) is 0 Å². The van der Waals surface area contributed by atoms with Gasteiger partial charge in [0.05, 0.1) is 6.10 Å². The van der Waals surface area contributed by atoms with Crippen molar-refractivity contribution in [3.05, 3.63) is 34.9 Å². The number of ether oxygens (including phenoxy) is 1. The van der Waals surface area contributed by atoms with Crippen LogP contribution >= 0.6 is 0 Å². The van der Waals surface area contributed by atoms with Crippen LogP contribution in [0.2, 0.25) is 0 Å². The largest absolute Gasteiger partial charge is 0.376 e. The van der Waals surface area contributed by atoms with Crippen molar-refractivity contribution in [2.75, 3.05) is 6.61 Å². The molecule has 0 bridgehead atoms. The van der Waals surface area contributed by atoms with E-state index in [4.69, 9.17) is 4.74 Å². The molecule has 1 aliphatic heterocycles. The van der Waals surface area contributed by atoms with E-state index in [1.807, 2.05) is 0 Å². The highest BCUT2D eigenvalue weighted by Gasteiger charge is 2.40. The van der Waals surface area contributed by atoms with Gasteiger partial charge in [-0.15, -0.1) is 0 Å². The first-order chi connectivity index (χ1) is 8.75. The van der Waals surface area contributed by atoms with Gasteiger partial charge in [0.1, 0.15) is 0 Å². The molecule has 1 aromatic rings. The van der Waals surface area contributed by atoms with Gasteiger partial charge in [-0.25, -0.2) is 0 Å². The van der Waals surface area contributed by atoms with Crippen molar-refractivity contribution in [1.82, 2.24) is 5.32 Å². The first kappa shape index (κ1) is 12.2. The summed E-state index contributed by atoms with van der Waals surface area (Å²) < 4.78 is 5.88. The molecule has 2 heteroatoms. The van der Waals surface area contributed by atoms with Crippen LogP contribution in [0.25, 0.3) is 0 Å². The van der Waals surface area contributed by atoms with E-state index < -0.39 is 0 Å². The van der Waals surface area contributed by atoms with Gasteiger partial charge >= 0.3 is 0 Å². The van der Waals surface area contributed by atoms with E-state index >= 15 is 0 Å². The molecule has 98 valence electrons. The second-order valence-electron chi connectivity index (χ2n) is 5.82. The molecule has 1 heterocycles. The third kappa shape index (κ3) is 2.45. The maximum Gasteiger partial charge on any atom is 0.0757 e. The van der Waals surface area contributed by atoms with E-state index in [0.29, 0.717) is 12.1 Å². The van der Waals surface area contributed by atoms with Crippen molar-refractivity contribution in [3.63, 3.8) is 0 Å². The number of hydrogen-bond donors (Lipinski definition) is 1. The highest BCUT2D eigenvalue weighted by atomic mass is 16.5. The second kappa shape index (κ2) is 5.02. The van der Waals surface area contributed by atoms with Gasteiger partial charge in [-0.2, -0.15) is 0 Å². The van der Waals surface area contributed by atoms with Crippen LogP contribution in [0, 0.1) is 19.8 Å². The molecule has 2 nitrogen and oxygen atoms in total. The molecule has 2 aliphatic rings. The molecule has 18 heavy (non-hydrogen) atoms. The van der Waals surface area contributed by atoms with E-state index in [2.05, 4.69) is 37.4 Å². The maximum absolute atomic E-state index is 5.88. The van der Waals surface area contributed by atoms with Gasteiger partial charge in [0.2, 0.25) is 0 Å². The van der Waals surface area contributed by atoms with E-state index in [0.717, 1.165) is 19.1 Å². The third-order valence-corrected chi connectivity index (χ3v) is 4.41. The monoisotopic (exact) mass is 245 g/mol. The fraction of sp³-hybridized carbons (Fsp3) is 0.625. The summed E-state index contributed by atoms with van der Waals surface area (Å²) >= 11 is 0. The topological polar surface area (TPSA) is 21.3 Å². The Morgan fingerprint density at radius 3 is 2.56 bits per heavy atom. The average Bonchev–Trinajstić information content (AvgIpc) is 3.09. The van der Waals surface area contributed by atoms with Gasteiger partial charge in [0, 0.05) is 19.2 Å². The quantitative estimate of drug-likeness (QED) is 0.880. The molecule has 0 amide bonds. The zero-order valence-corrected chi connectivity index (χ0v) is 11.4. The summed E-state index contributed by atoms with van der Waals surface area (Å²) in [6, 6.07) is 7.11. The Balaban J connectivity index is 1.63. The predicted molar refractivity (Wildman–Crippen MR) is 73.6 cm³/mol. The molecule has 2 unspecified atom stereocenters. The summed E-state index contributed by atoms with van der Waals surface area (Å²) in [4.78, 5) is 0. The molecule has 2 atom stereocenters. The summed E-state index contributed by atoms with van der Waals surface area (Å²) in [6.07, 6.45) is 4.39. The SMILES string of the molecule is Cc1cccc(C)c1CNC1CCOC1C1CC1. The molecular formula is C16H23NO. The predicted octanol–water partition coefficient (Wildman–Crippen LogP) is 2.96. The average molecular weight is 245 g/mol. The molecule has 0 aromatic heterocycles.